The van der Waals surface area contributed by atoms with Gasteiger partial charge in [0.25, 0.3) is 11.5 Å². The molecule has 178 valence electrons. The fourth-order valence-corrected chi connectivity index (χ4v) is 4.35. The van der Waals surface area contributed by atoms with Gasteiger partial charge in [0.15, 0.2) is 0 Å². The SMILES string of the molecule is Cc1cc(Cl)cc(C2(C(F)(F)F)CC(c3ccc(C(=O)N4CC(=O)NC(=O)C4)c(C)c3)=NO2)c1. The Hall–Kier alpha value is -3.40. The molecular weight excluding hydrogens is 475 g/mol. The zero-order chi connectivity index (χ0) is 24.8. The number of hydrogen-bond donors (Lipinski definition) is 1. The highest BCUT2D eigenvalue weighted by atomic mass is 35.5. The van der Waals surface area contributed by atoms with Crippen molar-refractivity contribution in [2.75, 3.05) is 13.1 Å². The quantitative estimate of drug-likeness (QED) is 0.661. The van der Waals surface area contributed by atoms with Gasteiger partial charge in [0.1, 0.15) is 13.1 Å². The van der Waals surface area contributed by atoms with Crippen LogP contribution >= 0.6 is 11.6 Å². The van der Waals surface area contributed by atoms with Crippen molar-refractivity contribution in [2.45, 2.75) is 32.0 Å². The molecule has 0 radical (unpaired) electrons. The second-order valence-electron chi connectivity index (χ2n) is 8.31. The maximum atomic E-state index is 14.2. The van der Waals surface area contributed by atoms with E-state index in [9.17, 15) is 27.6 Å². The summed E-state index contributed by atoms with van der Waals surface area (Å²) in [6.07, 6.45) is -5.36. The van der Waals surface area contributed by atoms with Crippen LogP contribution in [-0.2, 0) is 20.0 Å². The van der Waals surface area contributed by atoms with E-state index < -0.39 is 35.9 Å². The number of oxime groups is 1. The van der Waals surface area contributed by atoms with Crippen LogP contribution in [0.5, 0.6) is 0 Å². The zero-order valence-corrected chi connectivity index (χ0v) is 18.9. The van der Waals surface area contributed by atoms with Gasteiger partial charge in [-0.15, -0.1) is 0 Å². The summed E-state index contributed by atoms with van der Waals surface area (Å²) in [4.78, 5) is 42.1. The molecule has 2 aromatic carbocycles. The van der Waals surface area contributed by atoms with Crippen molar-refractivity contribution in [3.63, 3.8) is 0 Å². The first-order valence-corrected chi connectivity index (χ1v) is 10.6. The number of aryl methyl sites for hydroxylation is 2. The minimum absolute atomic E-state index is 0.0598. The molecule has 1 saturated heterocycles. The summed E-state index contributed by atoms with van der Waals surface area (Å²) in [5, 5.41) is 6.01. The van der Waals surface area contributed by atoms with Crippen molar-refractivity contribution < 1.29 is 32.4 Å². The number of carbonyl (C=O) groups excluding carboxylic acids is 3. The average Bonchev–Trinajstić information content (AvgIpc) is 3.19. The van der Waals surface area contributed by atoms with Crippen molar-refractivity contribution in [2.24, 2.45) is 5.16 Å². The van der Waals surface area contributed by atoms with E-state index in [0.29, 0.717) is 16.7 Å². The van der Waals surface area contributed by atoms with Gasteiger partial charge in [0.2, 0.25) is 11.8 Å². The van der Waals surface area contributed by atoms with Crippen molar-refractivity contribution in [1.29, 1.82) is 0 Å². The van der Waals surface area contributed by atoms with Gasteiger partial charge in [-0.25, -0.2) is 0 Å². The number of carbonyl (C=O) groups is 3. The Bertz CT molecular complexity index is 1210. The van der Waals surface area contributed by atoms with E-state index in [0.717, 1.165) is 4.90 Å². The topological polar surface area (TPSA) is 88.1 Å². The lowest BCUT2D eigenvalue weighted by molar-refractivity contribution is -0.275. The first kappa shape index (κ1) is 23.7. The molecule has 4 rings (SSSR count). The number of alkyl halides is 3. The fourth-order valence-electron chi connectivity index (χ4n) is 4.06. The monoisotopic (exact) mass is 493 g/mol. The van der Waals surface area contributed by atoms with E-state index in [1.165, 1.54) is 30.3 Å². The third kappa shape index (κ3) is 4.25. The minimum Gasteiger partial charge on any atom is -0.374 e. The lowest BCUT2D eigenvalue weighted by Gasteiger charge is -2.30. The number of nitrogens with one attached hydrogen (secondary N) is 1. The number of hydrogen-bond acceptors (Lipinski definition) is 5. The summed E-state index contributed by atoms with van der Waals surface area (Å²) in [7, 11) is 0. The maximum absolute atomic E-state index is 14.2. The molecule has 0 spiro atoms. The number of rotatable bonds is 3. The Kier molecular flexibility index (Phi) is 5.89. The summed E-state index contributed by atoms with van der Waals surface area (Å²) in [5.74, 6) is -1.71. The third-order valence-corrected chi connectivity index (χ3v) is 5.94. The van der Waals surface area contributed by atoms with Crippen LogP contribution in [0, 0.1) is 13.8 Å². The molecule has 1 fully saturated rings. The van der Waals surface area contributed by atoms with E-state index in [2.05, 4.69) is 10.5 Å². The number of benzene rings is 2. The average molecular weight is 494 g/mol. The second kappa shape index (κ2) is 8.43. The lowest BCUT2D eigenvalue weighted by atomic mass is 9.85. The maximum Gasteiger partial charge on any atom is 0.435 e. The molecule has 2 heterocycles. The predicted octanol–water partition coefficient (Wildman–Crippen LogP) is 3.64. The molecule has 1 unspecified atom stereocenters. The third-order valence-electron chi connectivity index (χ3n) is 5.72. The van der Waals surface area contributed by atoms with Crippen LogP contribution in [0.4, 0.5) is 13.2 Å². The van der Waals surface area contributed by atoms with Gasteiger partial charge >= 0.3 is 6.18 Å². The first-order chi connectivity index (χ1) is 15.9. The number of amides is 3. The van der Waals surface area contributed by atoms with E-state index in [4.69, 9.17) is 16.4 Å². The molecule has 3 amide bonds. The summed E-state index contributed by atoms with van der Waals surface area (Å²) >= 11 is 6.00. The van der Waals surface area contributed by atoms with Crippen LogP contribution in [0.15, 0.2) is 41.6 Å². The minimum atomic E-state index is -4.78. The van der Waals surface area contributed by atoms with Gasteiger partial charge in [0.05, 0.1) is 5.71 Å². The Morgan fingerprint density at radius 2 is 1.79 bits per heavy atom. The zero-order valence-electron chi connectivity index (χ0n) is 18.1. The van der Waals surface area contributed by atoms with Gasteiger partial charge in [-0.2, -0.15) is 13.2 Å². The summed E-state index contributed by atoms with van der Waals surface area (Å²) in [6.45, 7) is 2.71. The highest BCUT2D eigenvalue weighted by Crippen LogP contribution is 2.49. The van der Waals surface area contributed by atoms with Crippen LogP contribution < -0.4 is 5.32 Å². The van der Waals surface area contributed by atoms with E-state index >= 15 is 0 Å². The molecule has 2 aliphatic rings. The van der Waals surface area contributed by atoms with Crippen LogP contribution in [0.25, 0.3) is 0 Å². The summed E-state index contributed by atoms with van der Waals surface area (Å²) < 4.78 is 42.7. The van der Waals surface area contributed by atoms with E-state index in [1.807, 2.05) is 0 Å². The Morgan fingerprint density at radius 3 is 2.38 bits per heavy atom. The van der Waals surface area contributed by atoms with Crippen molar-refractivity contribution >= 4 is 35.0 Å². The van der Waals surface area contributed by atoms with Crippen LogP contribution in [0.1, 0.15) is 39.0 Å². The first-order valence-electron chi connectivity index (χ1n) is 10.2. The largest absolute Gasteiger partial charge is 0.435 e. The van der Waals surface area contributed by atoms with Gasteiger partial charge in [-0.1, -0.05) is 28.9 Å². The van der Waals surface area contributed by atoms with E-state index in [-0.39, 0.29) is 35.0 Å². The number of piperazine rings is 1. The molecule has 0 aromatic heterocycles. The smallest absolute Gasteiger partial charge is 0.374 e. The molecule has 0 aliphatic carbocycles. The van der Waals surface area contributed by atoms with Crippen LogP contribution in [-0.4, -0.2) is 47.6 Å². The molecule has 1 N–H and O–H groups in total. The van der Waals surface area contributed by atoms with E-state index in [1.54, 1.807) is 19.9 Å². The number of nitrogens with zero attached hydrogens (tertiary/aromatic N) is 2. The Balaban J connectivity index is 1.62. The number of imide groups is 1. The van der Waals surface area contributed by atoms with Crippen LogP contribution in [0.2, 0.25) is 5.02 Å². The highest BCUT2D eigenvalue weighted by molar-refractivity contribution is 6.30. The van der Waals surface area contributed by atoms with Gasteiger partial charge < -0.3 is 9.74 Å². The van der Waals surface area contributed by atoms with Crippen LogP contribution in [0.3, 0.4) is 0 Å². The summed E-state index contributed by atoms with van der Waals surface area (Å²) in [6, 6.07) is 8.54. The molecule has 11 heteroatoms. The Labute approximate surface area is 197 Å². The lowest BCUT2D eigenvalue weighted by Crippen LogP contribution is -2.53. The van der Waals surface area contributed by atoms with Crippen molar-refractivity contribution in [3.05, 3.63) is 69.2 Å². The highest BCUT2D eigenvalue weighted by Gasteiger charge is 2.62. The second-order valence-corrected chi connectivity index (χ2v) is 8.75. The molecule has 2 aromatic rings. The normalized spacial score (nSPS) is 20.6. The molecule has 7 nitrogen and oxygen atoms in total. The predicted molar refractivity (Wildman–Crippen MR) is 116 cm³/mol. The molecule has 2 aliphatic heterocycles. The molecule has 1 atom stereocenters. The van der Waals surface area contributed by atoms with Gasteiger partial charge in [-0.05, 0) is 54.8 Å². The molecular formula is C23H19ClF3N3O4. The van der Waals surface area contributed by atoms with Gasteiger partial charge in [-0.3, -0.25) is 19.7 Å². The molecule has 34 heavy (non-hydrogen) atoms. The van der Waals surface area contributed by atoms with Crippen molar-refractivity contribution in [1.82, 2.24) is 10.2 Å². The Morgan fingerprint density at radius 1 is 1.12 bits per heavy atom. The fraction of sp³-hybridized carbons (Fsp3) is 0.304. The molecule has 0 bridgehead atoms. The van der Waals surface area contributed by atoms with Crippen molar-refractivity contribution in [3.8, 4) is 0 Å². The number of halogens is 4. The van der Waals surface area contributed by atoms with Gasteiger partial charge in [0, 0.05) is 22.6 Å². The molecule has 0 saturated carbocycles. The standard InChI is InChI=1S/C23H19ClF3N3O4/c1-12-5-15(8-16(24)6-12)22(23(25,26)27)9-18(29-34-22)14-3-4-17(13(2)7-14)21(33)30-10-19(31)28-20(32)11-30/h3-8H,9-11H2,1-2H3,(H,28,31,32). The summed E-state index contributed by atoms with van der Waals surface area (Å²) in [5.41, 5.74) is -1.21.